The van der Waals surface area contributed by atoms with Gasteiger partial charge >= 0.3 is 285 Å². The van der Waals surface area contributed by atoms with E-state index in [1.165, 1.54) is 72.1 Å². The molecule has 2 aliphatic carbocycles. The van der Waals surface area contributed by atoms with E-state index in [2.05, 4.69) is 139 Å². The summed E-state index contributed by atoms with van der Waals surface area (Å²) in [4.78, 5) is 0. The van der Waals surface area contributed by atoms with Crippen molar-refractivity contribution in [2.45, 2.75) is 89.4 Å². The molecular weight excluding hydrogens is 790 g/mol. The molecule has 252 valence electrons. The summed E-state index contributed by atoms with van der Waals surface area (Å²) in [6, 6.07) is 33.4. The molecule has 1 aliphatic heterocycles. The Hall–Kier alpha value is -2.19. The summed E-state index contributed by atoms with van der Waals surface area (Å²) in [5.41, 5.74) is 18.4. The van der Waals surface area contributed by atoms with Gasteiger partial charge in [-0.15, -0.1) is 24.8 Å². The van der Waals surface area contributed by atoms with E-state index < -0.39 is 20.0 Å². The molecule has 4 aromatic rings. The van der Waals surface area contributed by atoms with E-state index in [-0.39, 0.29) is 24.8 Å². The molecule has 7 rings (SSSR count). The van der Waals surface area contributed by atoms with Gasteiger partial charge in [0.05, 0.1) is 0 Å². The van der Waals surface area contributed by atoms with Gasteiger partial charge in [-0.05, 0) is 0 Å². The van der Waals surface area contributed by atoms with Crippen LogP contribution in [0.25, 0.3) is 34.4 Å². The van der Waals surface area contributed by atoms with Crippen LogP contribution < -0.4 is 0 Å². The Bertz CT molecular complexity index is 1660. The molecule has 0 spiro atoms. The predicted octanol–water partition coefficient (Wildman–Crippen LogP) is 14.1. The minimum atomic E-state index is -3.09. The first-order valence-electron chi connectivity index (χ1n) is 18.2. The van der Waals surface area contributed by atoms with Crippen LogP contribution in [0.3, 0.4) is 0 Å². The van der Waals surface area contributed by atoms with E-state index in [1.54, 1.807) is 22.3 Å². The molecule has 1 fully saturated rings. The van der Waals surface area contributed by atoms with Gasteiger partial charge in [0.2, 0.25) is 0 Å². The first-order valence-corrected chi connectivity index (χ1v) is 27.4. The number of halogens is 2. The average molecular weight is 844 g/mol. The number of fused-ring (bicyclic) bond motifs is 2. The van der Waals surface area contributed by atoms with Gasteiger partial charge in [0, 0.05) is 0 Å². The van der Waals surface area contributed by atoms with E-state index in [4.69, 9.17) is 0 Å². The van der Waals surface area contributed by atoms with Crippen LogP contribution in [0.1, 0.15) is 102 Å². The van der Waals surface area contributed by atoms with Gasteiger partial charge in [0.15, 0.2) is 0 Å². The molecule has 4 aromatic carbocycles. The van der Waals surface area contributed by atoms with Gasteiger partial charge in [-0.25, -0.2) is 0 Å². The second-order valence-electron chi connectivity index (χ2n) is 15.3. The molecule has 3 aliphatic rings. The fourth-order valence-corrected chi connectivity index (χ4v) is 31.8. The molecule has 0 saturated carbocycles. The molecule has 2 atom stereocenters. The Morgan fingerprint density at radius 2 is 0.958 bits per heavy atom. The molecule has 0 N–H and O–H groups in total. The van der Waals surface area contributed by atoms with Crippen LogP contribution in [-0.2, 0) is 32.8 Å². The summed E-state index contributed by atoms with van der Waals surface area (Å²) in [5, 5.41) is 0. The van der Waals surface area contributed by atoms with Gasteiger partial charge in [-0.2, -0.15) is 0 Å². The minimum Gasteiger partial charge on any atom is -0.147 e. The van der Waals surface area contributed by atoms with Crippen molar-refractivity contribution >= 4 is 37.0 Å². The third-order valence-electron chi connectivity index (χ3n) is 11.4. The first-order chi connectivity index (χ1) is 22.3. The second kappa shape index (κ2) is 15.4. The van der Waals surface area contributed by atoms with Crippen molar-refractivity contribution in [3.63, 3.8) is 0 Å². The Labute approximate surface area is 307 Å². The van der Waals surface area contributed by atoms with Crippen molar-refractivity contribution in [1.82, 2.24) is 0 Å². The fraction of sp³-hybridized carbons (Fsp3) is 0.378. The summed E-state index contributed by atoms with van der Waals surface area (Å²) >= 11 is -3.09. The van der Waals surface area contributed by atoms with Crippen molar-refractivity contribution < 1.29 is 20.0 Å². The summed E-state index contributed by atoms with van der Waals surface area (Å²) in [6.07, 6.45) is 11.4. The van der Waals surface area contributed by atoms with Crippen LogP contribution >= 0.6 is 24.8 Å². The molecule has 3 heteroatoms. The topological polar surface area (TPSA) is 0 Å². The summed E-state index contributed by atoms with van der Waals surface area (Å²) < 4.78 is 4.42. The van der Waals surface area contributed by atoms with Crippen molar-refractivity contribution in [2.24, 2.45) is 11.8 Å². The summed E-state index contributed by atoms with van der Waals surface area (Å²) in [7, 11) is 0. The van der Waals surface area contributed by atoms with E-state index >= 15 is 0 Å². The van der Waals surface area contributed by atoms with Gasteiger partial charge in [-0.1, -0.05) is 0 Å². The molecular formula is C45H54Cl2Hf. The largest absolute Gasteiger partial charge is 0.147 e. The third-order valence-corrected chi connectivity index (χ3v) is 33.8. The van der Waals surface area contributed by atoms with Crippen molar-refractivity contribution in [1.29, 1.82) is 0 Å². The van der Waals surface area contributed by atoms with Crippen LogP contribution in [-0.4, -0.2) is 0 Å². The molecule has 0 bridgehead atoms. The molecule has 0 radical (unpaired) electrons. The number of allylic oxidation sites excluding steroid dienone is 2. The smallest absolute Gasteiger partial charge is 0.147 e. The second-order valence-corrected chi connectivity index (χ2v) is 31.9. The number of rotatable bonds is 10. The molecule has 1 heterocycles. The average Bonchev–Trinajstić information content (AvgIpc) is 3.58. The molecule has 0 aromatic heterocycles. The van der Waals surface area contributed by atoms with Crippen molar-refractivity contribution in [3.05, 3.63) is 129 Å². The number of hydrogen-bond acceptors (Lipinski definition) is 0. The maximum Gasteiger partial charge on any atom is -0.147 e. The maximum atomic E-state index is 2.69. The zero-order valence-electron chi connectivity index (χ0n) is 29.8. The Kier molecular flexibility index (Phi) is 11.9. The van der Waals surface area contributed by atoms with Crippen molar-refractivity contribution in [2.75, 3.05) is 0 Å². The summed E-state index contributed by atoms with van der Waals surface area (Å²) in [5.74, 6) is 1.33. The van der Waals surface area contributed by atoms with E-state index in [1.807, 2.05) is 0 Å². The van der Waals surface area contributed by atoms with Gasteiger partial charge in [0.25, 0.3) is 0 Å². The molecule has 2 unspecified atom stereocenters. The quantitative estimate of drug-likeness (QED) is 0.140. The Balaban J connectivity index is 0.00000225. The number of hydrogen-bond donors (Lipinski definition) is 0. The van der Waals surface area contributed by atoms with Crippen LogP contribution in [0.4, 0.5) is 0 Å². The zero-order chi connectivity index (χ0) is 32.0. The predicted molar refractivity (Wildman–Crippen MR) is 212 cm³/mol. The van der Waals surface area contributed by atoms with Gasteiger partial charge in [0.1, 0.15) is 0 Å². The van der Waals surface area contributed by atoms with E-state index in [0.29, 0.717) is 19.2 Å². The van der Waals surface area contributed by atoms with Crippen molar-refractivity contribution in [3.8, 4) is 22.3 Å². The SMILES string of the molecule is CCc1ccc(-c2cccc3c2C=C(CC(C)C)[CH]3[Hf]2([CH]3C(CC(C)C)=Cc4c(-c5ccc(CC)cc5)cccc43)[CH2]C[CH2]2)cc1.Cl.Cl. The summed E-state index contributed by atoms with van der Waals surface area (Å²) in [6.45, 7) is 14.2. The normalized spacial score (nSPS) is 18.8. The third kappa shape index (κ3) is 6.66. The Morgan fingerprint density at radius 1 is 0.562 bits per heavy atom. The zero-order valence-corrected chi connectivity index (χ0v) is 35.0. The number of benzene rings is 4. The van der Waals surface area contributed by atoms with E-state index in [0.717, 1.165) is 12.8 Å². The molecule has 1 saturated heterocycles. The fourth-order valence-electron chi connectivity index (χ4n) is 9.26. The number of aryl methyl sites for hydroxylation is 2. The molecule has 0 amide bonds. The van der Waals surface area contributed by atoms with Gasteiger partial charge < -0.3 is 0 Å². The standard InChI is InChI=1S/2C21H23.C3H6.2ClH.Hf/c2*1-4-16-8-10-18(11-9-16)20-7-5-6-19-13-17(12-15(2)3)14-21(19)20;1-3-2;;;/h2*5-11,13-15H,4,12H2,1-3H3;1-3H2;2*1H;. The van der Waals surface area contributed by atoms with Crippen LogP contribution in [0.15, 0.2) is 96.1 Å². The minimum absolute atomic E-state index is 0. The van der Waals surface area contributed by atoms with E-state index in [9.17, 15) is 0 Å². The first kappa shape index (κ1) is 37.1. The molecule has 0 nitrogen and oxygen atoms in total. The van der Waals surface area contributed by atoms with Crippen LogP contribution in [0.5, 0.6) is 0 Å². The Morgan fingerprint density at radius 3 is 1.27 bits per heavy atom. The van der Waals surface area contributed by atoms with Crippen LogP contribution in [0.2, 0.25) is 8.35 Å². The van der Waals surface area contributed by atoms with Crippen LogP contribution in [0, 0.1) is 11.8 Å². The van der Waals surface area contributed by atoms with Gasteiger partial charge in [-0.3, -0.25) is 0 Å². The monoisotopic (exact) mass is 844 g/mol. The molecule has 48 heavy (non-hydrogen) atoms. The maximum absolute atomic E-state index is 3.09.